The largest absolute Gasteiger partial charge is 0.335 e. The van der Waals surface area contributed by atoms with Crippen LogP contribution >= 0.6 is 11.3 Å². The summed E-state index contributed by atoms with van der Waals surface area (Å²) in [5.41, 5.74) is 1.70. The molecule has 4 heteroatoms. The second kappa shape index (κ2) is 3.46. The second-order valence-electron chi connectivity index (χ2n) is 3.36. The number of thiazole rings is 1. The smallest absolute Gasteiger partial charge is 0.265 e. The first-order valence-electron chi connectivity index (χ1n) is 4.48. The molecular weight excluding hydrogens is 184 g/mol. The average Bonchev–Trinajstić information content (AvgIpc) is 2.72. The van der Waals surface area contributed by atoms with E-state index in [1.807, 2.05) is 4.90 Å². The zero-order chi connectivity index (χ0) is 9.26. The number of hydrogen-bond donors (Lipinski definition) is 0. The lowest BCUT2D eigenvalue weighted by Gasteiger charge is -2.19. The molecule has 0 N–H and O–H groups in total. The standard InChI is InChI=1S/C9H12N2OS/c1-7-3-2-4-11(7)9(12)8-5-10-6-13-8/h5-7H,2-4H2,1H3. The maximum atomic E-state index is 11.8. The molecule has 0 spiro atoms. The van der Waals surface area contributed by atoms with Gasteiger partial charge in [0.1, 0.15) is 4.88 Å². The summed E-state index contributed by atoms with van der Waals surface area (Å²) in [4.78, 5) is 18.4. The van der Waals surface area contributed by atoms with Crippen LogP contribution in [0.2, 0.25) is 0 Å². The van der Waals surface area contributed by atoms with Crippen LogP contribution in [0, 0.1) is 0 Å². The Morgan fingerprint density at radius 2 is 2.62 bits per heavy atom. The lowest BCUT2D eigenvalue weighted by atomic mass is 10.2. The molecule has 70 valence electrons. The predicted molar refractivity (Wildman–Crippen MR) is 51.8 cm³/mol. The van der Waals surface area contributed by atoms with Crippen molar-refractivity contribution in [1.82, 2.24) is 9.88 Å². The van der Waals surface area contributed by atoms with E-state index in [-0.39, 0.29) is 5.91 Å². The van der Waals surface area contributed by atoms with Crippen LogP contribution in [-0.2, 0) is 0 Å². The summed E-state index contributed by atoms with van der Waals surface area (Å²) >= 11 is 1.42. The topological polar surface area (TPSA) is 33.2 Å². The molecule has 0 aromatic carbocycles. The van der Waals surface area contributed by atoms with Crippen LogP contribution in [0.5, 0.6) is 0 Å². The van der Waals surface area contributed by atoms with Crippen LogP contribution in [0.15, 0.2) is 11.7 Å². The van der Waals surface area contributed by atoms with E-state index in [0.717, 1.165) is 24.3 Å². The predicted octanol–water partition coefficient (Wildman–Crippen LogP) is 1.77. The minimum Gasteiger partial charge on any atom is -0.335 e. The van der Waals surface area contributed by atoms with Gasteiger partial charge in [-0.05, 0) is 19.8 Å². The van der Waals surface area contributed by atoms with Crippen LogP contribution in [-0.4, -0.2) is 28.4 Å². The van der Waals surface area contributed by atoms with Crippen molar-refractivity contribution >= 4 is 17.2 Å². The molecule has 1 atom stereocenters. The lowest BCUT2D eigenvalue weighted by Crippen LogP contribution is -2.33. The Hall–Kier alpha value is -0.900. The summed E-state index contributed by atoms with van der Waals surface area (Å²) in [6.07, 6.45) is 3.91. The van der Waals surface area contributed by atoms with Gasteiger partial charge in [0.05, 0.1) is 11.7 Å². The summed E-state index contributed by atoms with van der Waals surface area (Å²) in [6.45, 7) is 3.00. The minimum atomic E-state index is 0.146. The maximum absolute atomic E-state index is 11.8. The first kappa shape index (κ1) is 8.69. The fraction of sp³-hybridized carbons (Fsp3) is 0.556. The third kappa shape index (κ3) is 1.58. The van der Waals surface area contributed by atoms with Gasteiger partial charge in [0.25, 0.3) is 5.91 Å². The van der Waals surface area contributed by atoms with Gasteiger partial charge in [-0.1, -0.05) is 0 Å². The summed E-state index contributed by atoms with van der Waals surface area (Å²) in [7, 11) is 0. The molecule has 1 saturated heterocycles. The Labute approximate surface area is 81.4 Å². The fourth-order valence-electron chi connectivity index (χ4n) is 1.70. The van der Waals surface area contributed by atoms with Crippen LogP contribution in [0.1, 0.15) is 29.4 Å². The number of aromatic nitrogens is 1. The summed E-state index contributed by atoms with van der Waals surface area (Å²) < 4.78 is 0. The molecule has 1 amide bonds. The summed E-state index contributed by atoms with van der Waals surface area (Å²) in [6, 6.07) is 0.398. The van der Waals surface area contributed by atoms with Crippen molar-refractivity contribution in [2.24, 2.45) is 0 Å². The molecule has 1 aliphatic rings. The number of nitrogens with zero attached hydrogens (tertiary/aromatic N) is 2. The van der Waals surface area contributed by atoms with Crippen molar-refractivity contribution in [3.8, 4) is 0 Å². The lowest BCUT2D eigenvalue weighted by molar-refractivity contribution is 0.0752. The molecule has 1 aliphatic heterocycles. The van der Waals surface area contributed by atoms with Crippen molar-refractivity contribution in [2.75, 3.05) is 6.54 Å². The van der Waals surface area contributed by atoms with Gasteiger partial charge in [0.2, 0.25) is 0 Å². The van der Waals surface area contributed by atoms with E-state index in [2.05, 4.69) is 11.9 Å². The normalized spacial score (nSPS) is 22.2. The third-order valence-corrected chi connectivity index (χ3v) is 3.22. The van der Waals surface area contributed by atoms with Crippen molar-refractivity contribution in [3.63, 3.8) is 0 Å². The van der Waals surface area contributed by atoms with Crippen molar-refractivity contribution in [3.05, 3.63) is 16.6 Å². The molecule has 0 bridgehead atoms. The number of amides is 1. The Balaban J connectivity index is 2.13. The van der Waals surface area contributed by atoms with E-state index in [9.17, 15) is 4.79 Å². The summed E-state index contributed by atoms with van der Waals surface area (Å²) in [5.74, 6) is 0.146. The molecular formula is C9H12N2OS. The van der Waals surface area contributed by atoms with E-state index < -0.39 is 0 Å². The minimum absolute atomic E-state index is 0.146. The number of rotatable bonds is 1. The van der Waals surface area contributed by atoms with Crippen molar-refractivity contribution < 1.29 is 4.79 Å². The maximum Gasteiger partial charge on any atom is 0.265 e. The molecule has 13 heavy (non-hydrogen) atoms. The van der Waals surface area contributed by atoms with Gasteiger partial charge in [0.15, 0.2) is 0 Å². The monoisotopic (exact) mass is 196 g/mol. The molecule has 1 aromatic heterocycles. The van der Waals surface area contributed by atoms with Gasteiger partial charge in [-0.15, -0.1) is 11.3 Å². The molecule has 3 nitrogen and oxygen atoms in total. The van der Waals surface area contributed by atoms with Gasteiger partial charge in [-0.2, -0.15) is 0 Å². The first-order chi connectivity index (χ1) is 6.29. The van der Waals surface area contributed by atoms with Gasteiger partial charge >= 0.3 is 0 Å². The molecule has 0 aliphatic carbocycles. The fourth-order valence-corrected chi connectivity index (χ4v) is 2.27. The van der Waals surface area contributed by atoms with Crippen LogP contribution in [0.25, 0.3) is 0 Å². The highest BCUT2D eigenvalue weighted by molar-refractivity contribution is 7.11. The average molecular weight is 196 g/mol. The number of likely N-dealkylation sites (tertiary alicyclic amines) is 1. The SMILES string of the molecule is CC1CCCN1C(=O)c1cncs1. The summed E-state index contributed by atoms with van der Waals surface area (Å²) in [5, 5.41) is 0. The quantitative estimate of drug-likeness (QED) is 0.685. The Morgan fingerprint density at radius 3 is 3.15 bits per heavy atom. The van der Waals surface area contributed by atoms with Crippen molar-refractivity contribution in [1.29, 1.82) is 0 Å². The second-order valence-corrected chi connectivity index (χ2v) is 4.24. The molecule has 1 aromatic rings. The Kier molecular flexibility index (Phi) is 2.31. The van der Waals surface area contributed by atoms with E-state index in [1.54, 1.807) is 11.7 Å². The molecule has 0 saturated carbocycles. The highest BCUT2D eigenvalue weighted by atomic mass is 32.1. The molecule has 2 rings (SSSR count). The van der Waals surface area contributed by atoms with Gasteiger partial charge in [0, 0.05) is 12.6 Å². The number of carbonyl (C=O) groups excluding carboxylic acids is 1. The molecule has 0 radical (unpaired) electrons. The van der Waals surface area contributed by atoms with E-state index in [1.165, 1.54) is 11.3 Å². The molecule has 2 heterocycles. The molecule has 1 fully saturated rings. The van der Waals surface area contributed by atoms with Gasteiger partial charge < -0.3 is 4.90 Å². The number of hydrogen-bond acceptors (Lipinski definition) is 3. The highest BCUT2D eigenvalue weighted by Crippen LogP contribution is 2.20. The van der Waals surface area contributed by atoms with E-state index in [4.69, 9.17) is 0 Å². The Bertz CT molecular complexity index is 297. The van der Waals surface area contributed by atoms with Crippen LogP contribution < -0.4 is 0 Å². The Morgan fingerprint density at radius 1 is 1.77 bits per heavy atom. The van der Waals surface area contributed by atoms with Gasteiger partial charge in [-0.3, -0.25) is 9.78 Å². The first-order valence-corrected chi connectivity index (χ1v) is 5.36. The van der Waals surface area contributed by atoms with Crippen LogP contribution in [0.4, 0.5) is 0 Å². The highest BCUT2D eigenvalue weighted by Gasteiger charge is 2.26. The van der Waals surface area contributed by atoms with Crippen LogP contribution in [0.3, 0.4) is 0 Å². The van der Waals surface area contributed by atoms with Gasteiger partial charge in [-0.25, -0.2) is 0 Å². The number of carbonyl (C=O) groups is 1. The third-order valence-electron chi connectivity index (χ3n) is 2.46. The zero-order valence-corrected chi connectivity index (χ0v) is 8.38. The molecule has 1 unspecified atom stereocenters. The van der Waals surface area contributed by atoms with Crippen molar-refractivity contribution in [2.45, 2.75) is 25.8 Å². The zero-order valence-electron chi connectivity index (χ0n) is 7.56. The van der Waals surface area contributed by atoms with E-state index >= 15 is 0 Å². The van der Waals surface area contributed by atoms with E-state index in [0.29, 0.717) is 6.04 Å².